The van der Waals surface area contributed by atoms with Gasteiger partial charge in [-0.1, -0.05) is 0 Å². The zero-order valence-corrected chi connectivity index (χ0v) is 10.8. The smallest absolute Gasteiger partial charge is 0.368 e. The second-order valence-electron chi connectivity index (χ2n) is 3.40. The van der Waals surface area contributed by atoms with Crippen LogP contribution in [-0.2, 0) is 0 Å². The molecule has 0 unspecified atom stereocenters. The monoisotopic (exact) mass is 301 g/mol. The minimum Gasteiger partial charge on any atom is -0.368 e. The highest BCUT2D eigenvalue weighted by Crippen LogP contribution is 2.29. The van der Waals surface area contributed by atoms with Crippen molar-refractivity contribution in [2.45, 2.75) is 12.4 Å². The van der Waals surface area contributed by atoms with Crippen molar-refractivity contribution < 1.29 is 22.0 Å². The average molecular weight is 301 g/mol. The first-order chi connectivity index (χ1) is 8.83. The van der Waals surface area contributed by atoms with E-state index in [1.54, 1.807) is 6.92 Å². The highest BCUT2D eigenvalue weighted by Gasteiger charge is 2.27. The molecule has 0 amide bonds. The third-order valence-corrected chi connectivity index (χ3v) is 2.67. The number of hydrogen-bond acceptors (Lipinski definition) is 4. The molecule has 1 aromatic rings. The van der Waals surface area contributed by atoms with E-state index in [9.17, 15) is 22.0 Å². The molecule has 0 bridgehead atoms. The van der Waals surface area contributed by atoms with Gasteiger partial charge in [-0.3, -0.25) is 0 Å². The molecule has 0 radical (unpaired) electrons. The van der Waals surface area contributed by atoms with Gasteiger partial charge in [-0.05, 0) is 18.7 Å². The fourth-order valence-corrected chi connectivity index (χ4v) is 1.65. The molecule has 0 fully saturated rings. The molecule has 0 atom stereocenters. The van der Waals surface area contributed by atoms with Crippen LogP contribution in [0.4, 0.5) is 33.6 Å². The third-order valence-electron chi connectivity index (χ3n) is 1.93. The first-order valence-electron chi connectivity index (χ1n) is 5.38. The maximum Gasteiger partial charge on any atom is 0.441 e. The van der Waals surface area contributed by atoms with Gasteiger partial charge in [-0.15, -0.1) is 0 Å². The summed E-state index contributed by atoms with van der Waals surface area (Å²) in [4.78, 5) is 3.63. The zero-order valence-electron chi connectivity index (χ0n) is 9.94. The first kappa shape index (κ1) is 15.8. The summed E-state index contributed by atoms with van der Waals surface area (Å²) in [5.74, 6) is -2.51. The van der Waals surface area contributed by atoms with E-state index in [1.165, 1.54) is 0 Å². The lowest BCUT2D eigenvalue weighted by atomic mass is 10.4. The van der Waals surface area contributed by atoms with Gasteiger partial charge in [0.1, 0.15) is 0 Å². The number of nitrogens with zero attached hydrogens (tertiary/aromatic N) is 1. The van der Waals surface area contributed by atoms with E-state index in [2.05, 4.69) is 15.6 Å². The van der Waals surface area contributed by atoms with Crippen molar-refractivity contribution in [3.8, 4) is 0 Å². The Hall–Kier alpha value is -1.25. The number of alkyl halides is 3. The summed E-state index contributed by atoms with van der Waals surface area (Å²) in [5.41, 5.74) is -4.33. The lowest BCUT2D eigenvalue weighted by Gasteiger charge is -2.10. The number of hydrogen-bond donors (Lipinski definition) is 2. The Morgan fingerprint density at radius 1 is 1.16 bits per heavy atom. The van der Waals surface area contributed by atoms with Crippen molar-refractivity contribution in [3.63, 3.8) is 0 Å². The highest BCUT2D eigenvalue weighted by atomic mass is 32.2. The standard InChI is InChI=1S/C10H12F5N3S/c1-2-16-8-6(11)5-7(12)9(18-8)17-3-4-19-10(13,14)15/h5H,2-4H2,1H3,(H2,16,17,18). The number of pyridine rings is 1. The van der Waals surface area contributed by atoms with Gasteiger partial charge in [-0.25, -0.2) is 13.8 Å². The molecule has 0 aromatic carbocycles. The first-order valence-corrected chi connectivity index (χ1v) is 6.36. The van der Waals surface area contributed by atoms with E-state index in [4.69, 9.17) is 0 Å². The lowest BCUT2D eigenvalue weighted by Crippen LogP contribution is -2.13. The maximum absolute atomic E-state index is 13.3. The second-order valence-corrected chi connectivity index (χ2v) is 4.56. The Kier molecular flexibility index (Phi) is 5.64. The number of rotatable bonds is 6. The molecular formula is C10H12F5N3S. The predicted molar refractivity (Wildman–Crippen MR) is 65.3 cm³/mol. The summed E-state index contributed by atoms with van der Waals surface area (Å²) in [6, 6.07) is 0.629. The predicted octanol–water partition coefficient (Wildman–Crippen LogP) is 3.46. The van der Waals surface area contributed by atoms with Crippen LogP contribution >= 0.6 is 11.8 Å². The fourth-order valence-electron chi connectivity index (χ4n) is 1.22. The Morgan fingerprint density at radius 2 is 1.74 bits per heavy atom. The van der Waals surface area contributed by atoms with Gasteiger partial charge in [0.05, 0.1) is 0 Å². The quantitative estimate of drug-likeness (QED) is 0.623. The van der Waals surface area contributed by atoms with Crippen molar-refractivity contribution in [2.24, 2.45) is 0 Å². The van der Waals surface area contributed by atoms with Crippen LogP contribution in [0.1, 0.15) is 6.92 Å². The van der Waals surface area contributed by atoms with E-state index in [1.807, 2.05) is 0 Å². The lowest BCUT2D eigenvalue weighted by molar-refractivity contribution is -0.0327. The number of halogens is 5. The summed E-state index contributed by atoms with van der Waals surface area (Å²) in [7, 11) is 0. The topological polar surface area (TPSA) is 37.0 Å². The molecule has 0 aliphatic heterocycles. The fraction of sp³-hybridized carbons (Fsp3) is 0.500. The molecule has 1 heterocycles. The summed E-state index contributed by atoms with van der Waals surface area (Å²) >= 11 is -0.226. The molecule has 0 aliphatic rings. The molecule has 1 rings (SSSR count). The van der Waals surface area contributed by atoms with Crippen LogP contribution in [0.25, 0.3) is 0 Å². The normalized spacial score (nSPS) is 11.5. The second kappa shape index (κ2) is 6.78. The Morgan fingerprint density at radius 3 is 2.26 bits per heavy atom. The number of thioether (sulfide) groups is 1. The summed E-state index contributed by atoms with van der Waals surface area (Å²) in [6.45, 7) is 1.96. The number of nitrogens with one attached hydrogen (secondary N) is 2. The van der Waals surface area contributed by atoms with E-state index in [0.717, 1.165) is 0 Å². The van der Waals surface area contributed by atoms with Crippen LogP contribution in [0.5, 0.6) is 0 Å². The van der Waals surface area contributed by atoms with Crippen molar-refractivity contribution in [1.82, 2.24) is 4.98 Å². The maximum atomic E-state index is 13.3. The number of aromatic nitrogens is 1. The van der Waals surface area contributed by atoms with Crippen molar-refractivity contribution in [2.75, 3.05) is 29.5 Å². The Labute approximate surface area is 111 Å². The highest BCUT2D eigenvalue weighted by molar-refractivity contribution is 8.00. The summed E-state index contributed by atoms with van der Waals surface area (Å²) in [5, 5.41) is 4.98. The van der Waals surface area contributed by atoms with Crippen LogP contribution in [0.15, 0.2) is 6.07 Å². The SMILES string of the molecule is CCNc1nc(NCCSC(F)(F)F)c(F)cc1F. The largest absolute Gasteiger partial charge is 0.441 e. The van der Waals surface area contributed by atoms with Gasteiger partial charge in [0.2, 0.25) is 0 Å². The van der Waals surface area contributed by atoms with Crippen LogP contribution in [0.3, 0.4) is 0 Å². The van der Waals surface area contributed by atoms with Crippen molar-refractivity contribution in [1.29, 1.82) is 0 Å². The molecule has 0 spiro atoms. The van der Waals surface area contributed by atoms with Gasteiger partial charge >= 0.3 is 5.51 Å². The van der Waals surface area contributed by atoms with E-state index < -0.39 is 17.1 Å². The minimum atomic E-state index is -4.33. The Bertz CT molecular complexity index is 424. The molecule has 2 N–H and O–H groups in total. The summed E-state index contributed by atoms with van der Waals surface area (Å²) in [6.07, 6.45) is 0. The van der Waals surface area contributed by atoms with Crippen molar-refractivity contribution >= 4 is 23.4 Å². The third kappa shape index (κ3) is 5.50. The van der Waals surface area contributed by atoms with Crippen LogP contribution in [0, 0.1) is 11.6 Å². The molecule has 108 valence electrons. The van der Waals surface area contributed by atoms with E-state index in [0.29, 0.717) is 12.6 Å². The minimum absolute atomic E-state index is 0.134. The van der Waals surface area contributed by atoms with Crippen LogP contribution in [-0.4, -0.2) is 29.3 Å². The van der Waals surface area contributed by atoms with Gasteiger partial charge in [0, 0.05) is 24.9 Å². The average Bonchev–Trinajstić information content (AvgIpc) is 2.28. The molecule has 1 aromatic heterocycles. The molecule has 19 heavy (non-hydrogen) atoms. The van der Waals surface area contributed by atoms with Crippen molar-refractivity contribution in [3.05, 3.63) is 17.7 Å². The molecule has 3 nitrogen and oxygen atoms in total. The van der Waals surface area contributed by atoms with Gasteiger partial charge < -0.3 is 10.6 Å². The molecular weight excluding hydrogens is 289 g/mol. The van der Waals surface area contributed by atoms with E-state index in [-0.39, 0.29) is 35.7 Å². The zero-order chi connectivity index (χ0) is 14.5. The summed E-state index contributed by atoms with van der Waals surface area (Å²) < 4.78 is 62.1. The van der Waals surface area contributed by atoms with Gasteiger partial charge in [0.25, 0.3) is 0 Å². The molecule has 9 heteroatoms. The molecule has 0 saturated carbocycles. The Balaban J connectivity index is 2.60. The van der Waals surface area contributed by atoms with Gasteiger partial charge in [-0.2, -0.15) is 13.2 Å². The van der Waals surface area contributed by atoms with Crippen LogP contribution in [0.2, 0.25) is 0 Å². The number of anilines is 2. The molecule has 0 aliphatic carbocycles. The van der Waals surface area contributed by atoms with Gasteiger partial charge in [0.15, 0.2) is 23.3 Å². The molecule has 0 saturated heterocycles. The van der Waals surface area contributed by atoms with E-state index >= 15 is 0 Å². The van der Waals surface area contributed by atoms with Crippen LogP contribution < -0.4 is 10.6 Å².